The Morgan fingerprint density at radius 2 is 1.57 bits per heavy atom. The summed E-state index contributed by atoms with van der Waals surface area (Å²) in [5, 5.41) is 24.5. The monoisotopic (exact) mass is 281 g/mol. The summed E-state index contributed by atoms with van der Waals surface area (Å²) >= 11 is 0. The summed E-state index contributed by atoms with van der Waals surface area (Å²) in [7, 11) is 0. The van der Waals surface area contributed by atoms with Gasteiger partial charge in [-0.1, -0.05) is 48.5 Å². The molecule has 4 nitrogen and oxygen atoms in total. The number of amides is 1. The molecule has 1 unspecified atom stereocenters. The third-order valence-corrected chi connectivity index (χ3v) is 3.49. The Morgan fingerprint density at radius 3 is 2.29 bits per heavy atom. The summed E-state index contributed by atoms with van der Waals surface area (Å²) in [4.78, 5) is 12.3. The SMILES string of the molecule is O=C(Nc1ccccc1)C1C=c2ccccc2=CC1(O)O. The number of aliphatic hydroxyl groups is 2. The van der Waals surface area contributed by atoms with Crippen LogP contribution in [0.4, 0.5) is 5.69 Å². The Hall–Kier alpha value is -2.43. The van der Waals surface area contributed by atoms with E-state index in [4.69, 9.17) is 0 Å². The standard InChI is InChI=1S/C17H15NO3/c19-16(18-14-8-2-1-3-9-14)15-10-12-6-4-5-7-13(12)11-17(15,20)21/h1-11,15,20-21H,(H,18,19). The van der Waals surface area contributed by atoms with Gasteiger partial charge in [0.25, 0.3) is 0 Å². The van der Waals surface area contributed by atoms with Crippen LogP contribution in [0, 0.1) is 5.92 Å². The predicted octanol–water partition coefficient (Wildman–Crippen LogP) is 0.197. The van der Waals surface area contributed by atoms with Crippen molar-refractivity contribution in [2.24, 2.45) is 5.92 Å². The number of nitrogens with one attached hydrogen (secondary N) is 1. The largest absolute Gasteiger partial charge is 0.361 e. The lowest BCUT2D eigenvalue weighted by atomic mass is 9.90. The molecule has 0 bridgehead atoms. The van der Waals surface area contributed by atoms with Gasteiger partial charge in [-0.25, -0.2) is 0 Å². The molecule has 0 spiro atoms. The van der Waals surface area contributed by atoms with E-state index in [2.05, 4.69) is 5.32 Å². The fourth-order valence-electron chi connectivity index (χ4n) is 2.43. The smallest absolute Gasteiger partial charge is 0.237 e. The Balaban J connectivity index is 1.95. The number of carbonyl (C=O) groups excluding carboxylic acids is 1. The zero-order valence-corrected chi connectivity index (χ0v) is 11.2. The highest BCUT2D eigenvalue weighted by Crippen LogP contribution is 2.22. The van der Waals surface area contributed by atoms with E-state index in [-0.39, 0.29) is 0 Å². The number of benzene rings is 2. The molecule has 4 heteroatoms. The predicted molar refractivity (Wildman–Crippen MR) is 80.4 cm³/mol. The van der Waals surface area contributed by atoms with Gasteiger partial charge in [0.1, 0.15) is 5.92 Å². The Labute approximate surface area is 121 Å². The van der Waals surface area contributed by atoms with Crippen molar-refractivity contribution < 1.29 is 15.0 Å². The Bertz CT molecular complexity index is 781. The topological polar surface area (TPSA) is 69.6 Å². The van der Waals surface area contributed by atoms with E-state index in [1.54, 1.807) is 36.4 Å². The van der Waals surface area contributed by atoms with Crippen LogP contribution in [0.25, 0.3) is 12.2 Å². The molecule has 106 valence electrons. The van der Waals surface area contributed by atoms with Gasteiger partial charge < -0.3 is 15.5 Å². The van der Waals surface area contributed by atoms with Crippen molar-refractivity contribution in [2.45, 2.75) is 5.79 Å². The van der Waals surface area contributed by atoms with Gasteiger partial charge in [-0.15, -0.1) is 0 Å². The molecule has 2 aromatic rings. The Morgan fingerprint density at radius 1 is 0.952 bits per heavy atom. The van der Waals surface area contributed by atoms with Crippen LogP contribution in [0.15, 0.2) is 54.6 Å². The second kappa shape index (κ2) is 5.16. The average Bonchev–Trinajstić information content (AvgIpc) is 2.46. The van der Waals surface area contributed by atoms with Gasteiger partial charge in [-0.3, -0.25) is 4.79 Å². The molecule has 21 heavy (non-hydrogen) atoms. The maximum Gasteiger partial charge on any atom is 0.237 e. The lowest BCUT2D eigenvalue weighted by molar-refractivity contribution is -0.149. The molecule has 3 N–H and O–H groups in total. The van der Waals surface area contributed by atoms with E-state index in [0.717, 1.165) is 5.22 Å². The maximum atomic E-state index is 12.3. The zero-order valence-electron chi connectivity index (χ0n) is 11.2. The lowest BCUT2D eigenvalue weighted by Crippen LogP contribution is -2.48. The van der Waals surface area contributed by atoms with E-state index < -0.39 is 17.6 Å². The highest BCUT2D eigenvalue weighted by atomic mass is 16.5. The lowest BCUT2D eigenvalue weighted by Gasteiger charge is -2.27. The highest BCUT2D eigenvalue weighted by molar-refractivity contribution is 5.97. The third kappa shape index (κ3) is 2.72. The van der Waals surface area contributed by atoms with Crippen LogP contribution < -0.4 is 15.8 Å². The first-order chi connectivity index (χ1) is 10.1. The van der Waals surface area contributed by atoms with Crippen LogP contribution >= 0.6 is 0 Å². The van der Waals surface area contributed by atoms with E-state index >= 15 is 0 Å². The average molecular weight is 281 g/mol. The maximum absolute atomic E-state index is 12.3. The molecular formula is C17H15NO3. The highest BCUT2D eigenvalue weighted by Gasteiger charge is 2.37. The molecule has 0 heterocycles. The summed E-state index contributed by atoms with van der Waals surface area (Å²) < 4.78 is 0. The molecule has 0 fully saturated rings. The molecule has 2 aromatic carbocycles. The van der Waals surface area contributed by atoms with Gasteiger partial charge in [-0.05, 0) is 28.6 Å². The van der Waals surface area contributed by atoms with Gasteiger partial charge in [0.2, 0.25) is 5.91 Å². The minimum Gasteiger partial charge on any atom is -0.361 e. The third-order valence-electron chi connectivity index (χ3n) is 3.49. The van der Waals surface area contributed by atoms with Crippen molar-refractivity contribution in [3.8, 4) is 0 Å². The van der Waals surface area contributed by atoms with E-state index in [9.17, 15) is 15.0 Å². The van der Waals surface area contributed by atoms with Crippen LogP contribution in [0.2, 0.25) is 0 Å². The van der Waals surface area contributed by atoms with Crippen molar-refractivity contribution in [1.82, 2.24) is 0 Å². The van der Waals surface area contributed by atoms with Crippen LogP contribution in [-0.2, 0) is 4.79 Å². The number of fused-ring (bicyclic) bond motifs is 1. The van der Waals surface area contributed by atoms with Gasteiger partial charge in [-0.2, -0.15) is 0 Å². The van der Waals surface area contributed by atoms with Crippen molar-refractivity contribution >= 4 is 23.7 Å². The first kappa shape index (κ1) is 13.5. The van der Waals surface area contributed by atoms with Crippen LogP contribution in [0.1, 0.15) is 0 Å². The summed E-state index contributed by atoms with van der Waals surface area (Å²) in [6.45, 7) is 0. The number of para-hydroxylation sites is 1. The van der Waals surface area contributed by atoms with E-state index in [1.165, 1.54) is 6.08 Å². The molecule has 1 atom stereocenters. The molecule has 1 amide bonds. The summed E-state index contributed by atoms with van der Waals surface area (Å²) in [5.74, 6) is -3.72. The minimum absolute atomic E-state index is 0.461. The number of hydrogen-bond acceptors (Lipinski definition) is 3. The van der Waals surface area contributed by atoms with Crippen LogP contribution in [-0.4, -0.2) is 21.9 Å². The molecule has 0 aromatic heterocycles. The van der Waals surface area contributed by atoms with Gasteiger partial charge >= 0.3 is 0 Å². The number of carbonyl (C=O) groups is 1. The zero-order chi connectivity index (χ0) is 14.9. The fourth-order valence-corrected chi connectivity index (χ4v) is 2.43. The molecule has 0 saturated heterocycles. The molecular weight excluding hydrogens is 266 g/mol. The van der Waals surface area contributed by atoms with Gasteiger partial charge in [0.05, 0.1) is 0 Å². The first-order valence-electron chi connectivity index (χ1n) is 6.67. The van der Waals surface area contributed by atoms with Gasteiger partial charge in [0.15, 0.2) is 5.79 Å². The summed E-state index contributed by atoms with van der Waals surface area (Å²) in [6, 6.07) is 16.2. The summed E-state index contributed by atoms with van der Waals surface area (Å²) in [5.41, 5.74) is 0.616. The molecule has 1 aliphatic rings. The van der Waals surface area contributed by atoms with Crippen LogP contribution in [0.3, 0.4) is 0 Å². The van der Waals surface area contributed by atoms with E-state index in [0.29, 0.717) is 10.9 Å². The fraction of sp³-hybridized carbons (Fsp3) is 0.118. The normalized spacial score (nSPS) is 18.9. The number of rotatable bonds is 2. The van der Waals surface area contributed by atoms with Gasteiger partial charge in [0, 0.05) is 5.69 Å². The molecule has 0 radical (unpaired) electrons. The van der Waals surface area contributed by atoms with Crippen LogP contribution in [0.5, 0.6) is 0 Å². The molecule has 0 aliphatic heterocycles. The van der Waals surface area contributed by atoms with Crippen molar-refractivity contribution in [1.29, 1.82) is 0 Å². The number of anilines is 1. The quantitative estimate of drug-likeness (QED) is 0.689. The first-order valence-corrected chi connectivity index (χ1v) is 6.67. The second-order valence-corrected chi connectivity index (χ2v) is 5.06. The minimum atomic E-state index is -2.20. The molecule has 3 rings (SSSR count). The van der Waals surface area contributed by atoms with Crippen molar-refractivity contribution in [3.63, 3.8) is 0 Å². The molecule has 0 saturated carbocycles. The van der Waals surface area contributed by atoms with Crippen molar-refractivity contribution in [3.05, 3.63) is 65.0 Å². The van der Waals surface area contributed by atoms with Crippen molar-refractivity contribution in [2.75, 3.05) is 5.32 Å². The summed E-state index contributed by atoms with van der Waals surface area (Å²) in [6.07, 6.45) is 2.88. The second-order valence-electron chi connectivity index (χ2n) is 5.06. The Kier molecular flexibility index (Phi) is 3.33. The van der Waals surface area contributed by atoms with E-state index in [1.807, 2.05) is 24.3 Å². The molecule has 1 aliphatic carbocycles. The number of hydrogen-bond donors (Lipinski definition) is 3.